The van der Waals surface area contributed by atoms with Crippen LogP contribution in [0.5, 0.6) is 0 Å². The highest BCUT2D eigenvalue weighted by atomic mass is 32.2. The average Bonchev–Trinajstić information content (AvgIpc) is 3.15. The van der Waals surface area contributed by atoms with E-state index in [4.69, 9.17) is 0 Å². The van der Waals surface area contributed by atoms with Gasteiger partial charge in [-0.15, -0.1) is 0 Å². The van der Waals surface area contributed by atoms with Crippen molar-refractivity contribution in [1.29, 1.82) is 0 Å². The number of benzene rings is 2. The summed E-state index contributed by atoms with van der Waals surface area (Å²) in [6.07, 6.45) is 0. The molecule has 6 nitrogen and oxygen atoms in total. The van der Waals surface area contributed by atoms with E-state index in [2.05, 4.69) is 10.3 Å². The van der Waals surface area contributed by atoms with Crippen molar-refractivity contribution >= 4 is 44.0 Å². The number of hydrogen-bond donors (Lipinski definition) is 1. The molecule has 0 radical (unpaired) electrons. The van der Waals surface area contributed by atoms with Gasteiger partial charge in [-0.25, -0.2) is 12.8 Å². The molecule has 2 heterocycles. The van der Waals surface area contributed by atoms with E-state index in [1.807, 2.05) is 32.0 Å². The lowest BCUT2D eigenvalue weighted by molar-refractivity contribution is -0.113. The van der Waals surface area contributed by atoms with Crippen molar-refractivity contribution in [3.05, 3.63) is 59.4 Å². The molecule has 1 N–H and O–H groups in total. The van der Waals surface area contributed by atoms with Gasteiger partial charge in [0.05, 0.1) is 35.0 Å². The van der Waals surface area contributed by atoms with Gasteiger partial charge in [-0.05, 0) is 43.2 Å². The molecule has 0 unspecified atom stereocenters. The van der Waals surface area contributed by atoms with Crippen LogP contribution >= 0.6 is 11.8 Å². The third-order valence-electron chi connectivity index (χ3n) is 5.43. The number of halogens is 1. The quantitative estimate of drug-likeness (QED) is 0.779. The zero-order valence-corrected chi connectivity index (χ0v) is 18.3. The number of carbonyl (C=O) groups excluding carboxylic acids is 1. The monoisotopic (exact) mass is 447 g/mol. The Labute approximate surface area is 179 Å². The van der Waals surface area contributed by atoms with E-state index in [1.165, 1.54) is 17.8 Å². The molecule has 4 rings (SSSR count). The summed E-state index contributed by atoms with van der Waals surface area (Å²) in [6, 6.07) is 11.0. The Morgan fingerprint density at radius 2 is 1.97 bits per heavy atom. The Kier molecular flexibility index (Phi) is 5.59. The van der Waals surface area contributed by atoms with Gasteiger partial charge < -0.3 is 10.2 Å². The van der Waals surface area contributed by atoms with Crippen LogP contribution in [0.4, 0.5) is 15.8 Å². The molecule has 0 aliphatic carbocycles. The molecule has 30 heavy (non-hydrogen) atoms. The normalized spacial score (nSPS) is 22.0. The van der Waals surface area contributed by atoms with E-state index in [0.717, 1.165) is 16.8 Å². The second-order valence-electron chi connectivity index (χ2n) is 7.53. The molecule has 9 heteroatoms. The third-order valence-corrected chi connectivity index (χ3v) is 8.10. The topological polar surface area (TPSA) is 78.8 Å². The first-order chi connectivity index (χ1) is 14.2. The number of nitrogens with zero attached hydrogens (tertiary/aromatic N) is 2. The van der Waals surface area contributed by atoms with Crippen LogP contribution in [-0.4, -0.2) is 48.8 Å². The Bertz CT molecular complexity index is 1130. The van der Waals surface area contributed by atoms with E-state index >= 15 is 0 Å². The minimum Gasteiger partial charge on any atom is -0.325 e. The Morgan fingerprint density at radius 1 is 1.20 bits per heavy atom. The van der Waals surface area contributed by atoms with Gasteiger partial charge in [-0.1, -0.05) is 36.0 Å². The number of thioether (sulfide) groups is 1. The van der Waals surface area contributed by atoms with Gasteiger partial charge in [0, 0.05) is 5.69 Å². The standard InChI is InChI=1S/C21H22FN3O3S2/c1-13-6-5-8-16(14(13)2)23-20(26)10-29-21-24-17-11-30(27,28)12-19(17)25(21)18-9-4-3-7-15(18)22/h3-9,17,19H,10-12H2,1-2H3,(H,23,26)/t17-,19+/m0/s1. The second-order valence-corrected chi connectivity index (χ2v) is 10.6. The van der Waals surface area contributed by atoms with Crippen LogP contribution in [-0.2, 0) is 14.6 Å². The number of aryl methyl sites for hydroxylation is 1. The van der Waals surface area contributed by atoms with E-state index in [0.29, 0.717) is 5.17 Å². The van der Waals surface area contributed by atoms with E-state index < -0.39 is 27.7 Å². The maximum Gasteiger partial charge on any atom is 0.234 e. The van der Waals surface area contributed by atoms with Crippen LogP contribution in [0.1, 0.15) is 11.1 Å². The van der Waals surface area contributed by atoms with E-state index in [1.54, 1.807) is 23.1 Å². The zero-order chi connectivity index (χ0) is 21.5. The summed E-state index contributed by atoms with van der Waals surface area (Å²) in [5, 5.41) is 3.37. The summed E-state index contributed by atoms with van der Waals surface area (Å²) in [5.74, 6) is -0.691. The van der Waals surface area contributed by atoms with E-state index in [9.17, 15) is 17.6 Å². The highest BCUT2D eigenvalue weighted by Crippen LogP contribution is 2.36. The number of fused-ring (bicyclic) bond motifs is 1. The van der Waals surface area contributed by atoms with Crippen molar-refractivity contribution in [3.63, 3.8) is 0 Å². The molecule has 2 aliphatic heterocycles. The zero-order valence-electron chi connectivity index (χ0n) is 16.6. The van der Waals surface area contributed by atoms with Crippen molar-refractivity contribution in [2.75, 3.05) is 27.5 Å². The summed E-state index contributed by atoms with van der Waals surface area (Å²) < 4.78 is 38.7. The van der Waals surface area contributed by atoms with Crippen molar-refractivity contribution in [3.8, 4) is 0 Å². The Balaban J connectivity index is 1.52. The number of amides is 1. The summed E-state index contributed by atoms with van der Waals surface area (Å²) in [4.78, 5) is 18.7. The lowest BCUT2D eigenvalue weighted by Crippen LogP contribution is -2.40. The molecular formula is C21H22FN3O3S2. The molecule has 2 atom stereocenters. The molecule has 0 spiro atoms. The molecule has 1 amide bonds. The SMILES string of the molecule is Cc1cccc(NC(=O)CSC2=N[C@H]3CS(=O)(=O)C[C@H]3N2c2ccccc2F)c1C. The largest absolute Gasteiger partial charge is 0.325 e. The number of aliphatic imine (C=N–C) groups is 1. The summed E-state index contributed by atoms with van der Waals surface area (Å²) in [5.41, 5.74) is 3.12. The van der Waals surface area contributed by atoms with Crippen molar-refractivity contribution in [2.45, 2.75) is 25.9 Å². The molecule has 158 valence electrons. The van der Waals surface area contributed by atoms with Crippen LogP contribution in [0.2, 0.25) is 0 Å². The highest BCUT2D eigenvalue weighted by Gasteiger charge is 2.47. The van der Waals surface area contributed by atoms with Crippen LogP contribution in [0.15, 0.2) is 47.5 Å². The van der Waals surface area contributed by atoms with Crippen LogP contribution in [0.3, 0.4) is 0 Å². The van der Waals surface area contributed by atoms with Crippen LogP contribution in [0.25, 0.3) is 0 Å². The highest BCUT2D eigenvalue weighted by molar-refractivity contribution is 8.14. The van der Waals surface area contributed by atoms with Gasteiger partial charge in [0.1, 0.15) is 5.82 Å². The summed E-state index contributed by atoms with van der Waals surface area (Å²) in [7, 11) is -3.22. The predicted molar refractivity (Wildman–Crippen MR) is 120 cm³/mol. The summed E-state index contributed by atoms with van der Waals surface area (Å²) >= 11 is 1.19. The molecule has 2 aliphatic rings. The average molecular weight is 448 g/mol. The lowest BCUT2D eigenvalue weighted by atomic mass is 10.1. The van der Waals surface area contributed by atoms with Crippen molar-refractivity contribution in [2.24, 2.45) is 4.99 Å². The minimum absolute atomic E-state index is 0.0542. The number of hydrogen-bond acceptors (Lipinski definition) is 6. The number of amidine groups is 1. The van der Waals surface area contributed by atoms with Crippen LogP contribution in [0, 0.1) is 19.7 Å². The fraction of sp³-hybridized carbons (Fsp3) is 0.333. The number of nitrogens with one attached hydrogen (secondary N) is 1. The van der Waals surface area contributed by atoms with Gasteiger partial charge >= 0.3 is 0 Å². The Hall–Kier alpha value is -2.39. The minimum atomic E-state index is -3.22. The van der Waals surface area contributed by atoms with Gasteiger partial charge in [-0.3, -0.25) is 9.79 Å². The number of anilines is 2. The number of carbonyl (C=O) groups is 1. The van der Waals surface area contributed by atoms with Gasteiger partial charge in [-0.2, -0.15) is 0 Å². The number of sulfone groups is 1. The third kappa shape index (κ3) is 4.09. The molecular weight excluding hydrogens is 425 g/mol. The van der Waals surface area contributed by atoms with Crippen LogP contribution < -0.4 is 10.2 Å². The number of rotatable bonds is 4. The molecule has 0 aromatic heterocycles. The molecule has 2 aromatic carbocycles. The lowest BCUT2D eigenvalue weighted by Gasteiger charge is -2.26. The maximum atomic E-state index is 14.5. The van der Waals surface area contributed by atoms with Gasteiger partial charge in [0.25, 0.3) is 0 Å². The second kappa shape index (κ2) is 8.03. The molecule has 2 aromatic rings. The van der Waals surface area contributed by atoms with E-state index in [-0.39, 0.29) is 28.9 Å². The molecule has 1 saturated heterocycles. The number of para-hydroxylation sites is 1. The van der Waals surface area contributed by atoms with Gasteiger partial charge in [0.2, 0.25) is 5.91 Å². The maximum absolute atomic E-state index is 14.5. The first-order valence-electron chi connectivity index (χ1n) is 9.56. The molecule has 1 fully saturated rings. The fourth-order valence-corrected chi connectivity index (χ4v) is 6.52. The summed E-state index contributed by atoms with van der Waals surface area (Å²) in [6.45, 7) is 3.92. The molecule has 0 saturated carbocycles. The first kappa shape index (κ1) is 20.9. The Morgan fingerprint density at radius 3 is 2.73 bits per heavy atom. The fourth-order valence-electron chi connectivity index (χ4n) is 3.76. The smallest absolute Gasteiger partial charge is 0.234 e. The van der Waals surface area contributed by atoms with Gasteiger partial charge in [0.15, 0.2) is 15.0 Å². The molecule has 0 bridgehead atoms. The predicted octanol–water partition coefficient (Wildman–Crippen LogP) is 3.16. The van der Waals surface area contributed by atoms with Crippen molar-refractivity contribution in [1.82, 2.24) is 0 Å². The van der Waals surface area contributed by atoms with Crippen molar-refractivity contribution < 1.29 is 17.6 Å². The first-order valence-corrected chi connectivity index (χ1v) is 12.4.